The number of halogens is 1. The molecule has 114 valence electrons. The van der Waals surface area contributed by atoms with Crippen molar-refractivity contribution in [3.8, 4) is 0 Å². The summed E-state index contributed by atoms with van der Waals surface area (Å²) in [4.78, 5) is 10.8. The van der Waals surface area contributed by atoms with Gasteiger partial charge in [0.1, 0.15) is 5.69 Å². The summed E-state index contributed by atoms with van der Waals surface area (Å²) < 4.78 is 0. The Balaban J connectivity index is 1.79. The van der Waals surface area contributed by atoms with E-state index in [9.17, 15) is 10.1 Å². The topological polar surface area (TPSA) is 67.2 Å². The molecule has 1 saturated heterocycles. The first-order chi connectivity index (χ1) is 10.1. The van der Waals surface area contributed by atoms with Gasteiger partial charge in [0.2, 0.25) is 0 Å². The predicted molar refractivity (Wildman–Crippen MR) is 83.9 cm³/mol. The molecule has 2 fully saturated rings. The summed E-state index contributed by atoms with van der Waals surface area (Å²) in [6.07, 6.45) is 5.86. The first-order valence-electron chi connectivity index (χ1n) is 7.59. The van der Waals surface area contributed by atoms with Gasteiger partial charge in [-0.1, -0.05) is 18.0 Å². The van der Waals surface area contributed by atoms with Gasteiger partial charge in [-0.05, 0) is 50.3 Å². The summed E-state index contributed by atoms with van der Waals surface area (Å²) in [7, 11) is 0. The van der Waals surface area contributed by atoms with Crippen LogP contribution in [0.5, 0.6) is 0 Å². The van der Waals surface area contributed by atoms with Gasteiger partial charge in [0.25, 0.3) is 5.69 Å². The Bertz CT molecular complexity index is 532. The molecule has 3 unspecified atom stereocenters. The fraction of sp³-hybridized carbons (Fsp3) is 0.600. The summed E-state index contributed by atoms with van der Waals surface area (Å²) >= 11 is 6.00. The number of nitro groups is 1. The van der Waals surface area contributed by atoms with E-state index < -0.39 is 0 Å². The molecule has 5 nitrogen and oxygen atoms in total. The van der Waals surface area contributed by atoms with Gasteiger partial charge in [-0.3, -0.25) is 10.1 Å². The van der Waals surface area contributed by atoms with Crippen LogP contribution in [0.15, 0.2) is 18.2 Å². The van der Waals surface area contributed by atoms with Crippen LogP contribution < -0.4 is 10.6 Å². The van der Waals surface area contributed by atoms with Gasteiger partial charge < -0.3 is 10.6 Å². The fourth-order valence-electron chi connectivity index (χ4n) is 3.71. The lowest BCUT2D eigenvalue weighted by Gasteiger charge is -2.27. The van der Waals surface area contributed by atoms with E-state index in [1.54, 1.807) is 12.1 Å². The molecular weight excluding hydrogens is 290 g/mol. The van der Waals surface area contributed by atoms with Crippen molar-refractivity contribution in [1.29, 1.82) is 0 Å². The Morgan fingerprint density at radius 2 is 2.14 bits per heavy atom. The molecule has 21 heavy (non-hydrogen) atoms. The SMILES string of the molecule is O=[N+]([O-])c1ccc(Cl)cc1NC1CCCC1C1CCCN1. The highest BCUT2D eigenvalue weighted by Crippen LogP contribution is 2.36. The lowest BCUT2D eigenvalue weighted by molar-refractivity contribution is -0.384. The number of anilines is 1. The maximum atomic E-state index is 11.2. The normalized spacial score (nSPS) is 28.7. The van der Waals surface area contributed by atoms with E-state index >= 15 is 0 Å². The van der Waals surface area contributed by atoms with E-state index in [4.69, 9.17) is 11.6 Å². The van der Waals surface area contributed by atoms with Gasteiger partial charge in [-0.25, -0.2) is 0 Å². The van der Waals surface area contributed by atoms with Crippen LogP contribution in [-0.4, -0.2) is 23.6 Å². The van der Waals surface area contributed by atoms with Crippen LogP contribution in [-0.2, 0) is 0 Å². The number of rotatable bonds is 4. The third-order valence-electron chi connectivity index (χ3n) is 4.68. The first kappa shape index (κ1) is 14.6. The predicted octanol–water partition coefficient (Wildman–Crippen LogP) is 3.58. The zero-order chi connectivity index (χ0) is 14.8. The number of nitrogens with one attached hydrogen (secondary N) is 2. The second-order valence-corrected chi connectivity index (χ2v) is 6.40. The minimum Gasteiger partial charge on any atom is -0.376 e. The highest BCUT2D eigenvalue weighted by atomic mass is 35.5. The second kappa shape index (κ2) is 6.20. The van der Waals surface area contributed by atoms with E-state index in [-0.39, 0.29) is 16.7 Å². The quantitative estimate of drug-likeness (QED) is 0.659. The van der Waals surface area contributed by atoms with Crippen molar-refractivity contribution in [3.63, 3.8) is 0 Å². The van der Waals surface area contributed by atoms with E-state index in [1.807, 2.05) is 0 Å². The molecule has 2 N–H and O–H groups in total. The van der Waals surface area contributed by atoms with Gasteiger partial charge in [0, 0.05) is 23.2 Å². The van der Waals surface area contributed by atoms with E-state index in [0.29, 0.717) is 22.7 Å². The average molecular weight is 310 g/mol. The first-order valence-corrected chi connectivity index (χ1v) is 7.97. The number of nitrogens with zero attached hydrogens (tertiary/aromatic N) is 1. The summed E-state index contributed by atoms with van der Waals surface area (Å²) in [5, 5.41) is 18.6. The third kappa shape index (κ3) is 3.14. The van der Waals surface area contributed by atoms with Gasteiger partial charge in [-0.15, -0.1) is 0 Å². The van der Waals surface area contributed by atoms with Crippen molar-refractivity contribution < 1.29 is 4.92 Å². The molecule has 0 bridgehead atoms. The number of nitro benzene ring substituents is 1. The summed E-state index contributed by atoms with van der Waals surface area (Å²) in [5.41, 5.74) is 0.645. The molecule has 0 amide bonds. The Labute approximate surface area is 129 Å². The molecule has 2 aliphatic rings. The van der Waals surface area contributed by atoms with E-state index in [2.05, 4.69) is 10.6 Å². The molecule has 6 heteroatoms. The highest BCUT2D eigenvalue weighted by Gasteiger charge is 2.35. The molecule has 1 aromatic carbocycles. The van der Waals surface area contributed by atoms with Crippen LogP contribution in [0.4, 0.5) is 11.4 Å². The maximum Gasteiger partial charge on any atom is 0.292 e. The number of hydrogen-bond donors (Lipinski definition) is 2. The molecule has 3 rings (SSSR count). The van der Waals surface area contributed by atoms with Crippen LogP contribution in [0.1, 0.15) is 32.1 Å². The maximum absolute atomic E-state index is 11.2. The molecular formula is C15H20ClN3O2. The largest absolute Gasteiger partial charge is 0.376 e. The van der Waals surface area contributed by atoms with Crippen LogP contribution in [0.2, 0.25) is 5.02 Å². The van der Waals surface area contributed by atoms with Crippen molar-refractivity contribution in [1.82, 2.24) is 5.32 Å². The second-order valence-electron chi connectivity index (χ2n) is 5.97. The zero-order valence-corrected chi connectivity index (χ0v) is 12.6. The standard InChI is InChI=1S/C15H20ClN3O2/c16-10-6-7-15(19(20)21)14(9-10)18-13-4-1-3-11(13)12-5-2-8-17-12/h6-7,9,11-13,17-18H,1-5,8H2. The molecule has 1 saturated carbocycles. The van der Waals surface area contributed by atoms with Gasteiger partial charge in [0.15, 0.2) is 0 Å². The zero-order valence-electron chi connectivity index (χ0n) is 11.8. The van der Waals surface area contributed by atoms with E-state index in [0.717, 1.165) is 13.0 Å². The van der Waals surface area contributed by atoms with Crippen molar-refractivity contribution in [2.24, 2.45) is 5.92 Å². The third-order valence-corrected chi connectivity index (χ3v) is 4.92. The van der Waals surface area contributed by atoms with Crippen LogP contribution in [0.3, 0.4) is 0 Å². The summed E-state index contributed by atoms with van der Waals surface area (Å²) in [6.45, 7) is 1.09. The smallest absolute Gasteiger partial charge is 0.292 e. The minimum absolute atomic E-state index is 0.101. The molecule has 1 heterocycles. The van der Waals surface area contributed by atoms with Crippen molar-refractivity contribution >= 4 is 23.0 Å². The molecule has 0 radical (unpaired) electrons. The lowest BCUT2D eigenvalue weighted by Crippen LogP contribution is -2.38. The molecule has 1 aromatic rings. The van der Waals surface area contributed by atoms with Crippen molar-refractivity contribution in [2.45, 2.75) is 44.2 Å². The monoisotopic (exact) mass is 309 g/mol. The Kier molecular flexibility index (Phi) is 4.31. The number of hydrogen-bond acceptors (Lipinski definition) is 4. The van der Waals surface area contributed by atoms with Crippen LogP contribution >= 0.6 is 11.6 Å². The van der Waals surface area contributed by atoms with Crippen LogP contribution in [0.25, 0.3) is 0 Å². The lowest BCUT2D eigenvalue weighted by atomic mass is 9.93. The van der Waals surface area contributed by atoms with E-state index in [1.165, 1.54) is 31.7 Å². The van der Waals surface area contributed by atoms with Crippen LogP contribution in [0, 0.1) is 16.0 Å². The fourth-order valence-corrected chi connectivity index (χ4v) is 3.88. The molecule has 0 aromatic heterocycles. The van der Waals surface area contributed by atoms with Crippen molar-refractivity contribution in [2.75, 3.05) is 11.9 Å². The average Bonchev–Trinajstić information content (AvgIpc) is 3.08. The molecule has 1 aliphatic carbocycles. The highest BCUT2D eigenvalue weighted by molar-refractivity contribution is 6.31. The van der Waals surface area contributed by atoms with Gasteiger partial charge >= 0.3 is 0 Å². The van der Waals surface area contributed by atoms with Gasteiger partial charge in [-0.2, -0.15) is 0 Å². The van der Waals surface area contributed by atoms with Crippen molar-refractivity contribution in [3.05, 3.63) is 33.3 Å². The Hall–Kier alpha value is -1.33. The van der Waals surface area contributed by atoms with Gasteiger partial charge in [0.05, 0.1) is 4.92 Å². The molecule has 0 spiro atoms. The molecule has 3 atom stereocenters. The minimum atomic E-state index is -0.351. The Morgan fingerprint density at radius 1 is 1.29 bits per heavy atom. The summed E-state index contributed by atoms with van der Waals surface area (Å²) in [5.74, 6) is 0.547. The Morgan fingerprint density at radius 3 is 2.86 bits per heavy atom. The molecule has 1 aliphatic heterocycles. The number of benzene rings is 1. The summed E-state index contributed by atoms with van der Waals surface area (Å²) in [6, 6.07) is 5.54.